The molecule has 1 fully saturated rings. The third-order valence-corrected chi connectivity index (χ3v) is 7.10. The van der Waals surface area contributed by atoms with E-state index in [0.717, 1.165) is 22.3 Å². The van der Waals surface area contributed by atoms with Crippen molar-refractivity contribution in [1.82, 2.24) is 15.0 Å². The van der Waals surface area contributed by atoms with Crippen molar-refractivity contribution in [3.63, 3.8) is 0 Å². The number of aromatic nitrogens is 3. The molecule has 0 saturated carbocycles. The fourth-order valence-corrected chi connectivity index (χ4v) is 4.78. The Balaban J connectivity index is 1.56. The molecular formula is C26H29N5O. The second kappa shape index (κ2) is 7.64. The topological polar surface area (TPSA) is 91.1 Å². The molecule has 0 bridgehead atoms. The molecule has 5 rings (SSSR count). The van der Waals surface area contributed by atoms with Crippen LogP contribution in [0.25, 0.3) is 22.0 Å². The smallest absolute Gasteiger partial charge is 0.219 e. The number of benzene rings is 2. The maximum Gasteiger partial charge on any atom is 0.219 e. The van der Waals surface area contributed by atoms with Gasteiger partial charge in [0.25, 0.3) is 0 Å². The van der Waals surface area contributed by atoms with E-state index in [9.17, 15) is 5.11 Å². The number of H-pyrrole nitrogens is 1. The maximum atomic E-state index is 9.76. The molecule has 0 radical (unpaired) electrons. The summed E-state index contributed by atoms with van der Waals surface area (Å²) >= 11 is 0. The minimum atomic E-state index is -0.231. The molecule has 1 saturated heterocycles. The van der Waals surface area contributed by atoms with E-state index in [4.69, 9.17) is 5.73 Å². The molecule has 32 heavy (non-hydrogen) atoms. The number of nitrogen functional groups attached to an aromatic ring is 1. The second-order valence-corrected chi connectivity index (χ2v) is 9.23. The molecule has 6 heteroatoms. The van der Waals surface area contributed by atoms with Gasteiger partial charge in [0.2, 0.25) is 5.95 Å². The zero-order valence-electron chi connectivity index (χ0n) is 18.7. The molecule has 1 unspecified atom stereocenters. The lowest BCUT2D eigenvalue weighted by atomic mass is 9.68. The number of nitrogens with one attached hydrogen (secondary N) is 1. The Bertz CT molecular complexity index is 1240. The van der Waals surface area contributed by atoms with Crippen molar-refractivity contribution in [3.8, 4) is 11.1 Å². The lowest BCUT2D eigenvalue weighted by Crippen LogP contribution is -2.50. The van der Waals surface area contributed by atoms with Crippen LogP contribution in [0.1, 0.15) is 31.9 Å². The summed E-state index contributed by atoms with van der Waals surface area (Å²) in [5.74, 6) is 0.658. The molecule has 2 aromatic heterocycles. The number of rotatable bonds is 5. The summed E-state index contributed by atoms with van der Waals surface area (Å²) in [5.41, 5.74) is 12.3. The van der Waals surface area contributed by atoms with Gasteiger partial charge < -0.3 is 20.7 Å². The predicted molar refractivity (Wildman–Crippen MR) is 130 cm³/mol. The number of hydrogen-bond donors (Lipinski definition) is 3. The molecule has 164 valence electrons. The first-order valence-electron chi connectivity index (χ1n) is 11.1. The SMILES string of the molecule is CC(C)C(C)(c1ccc(-c2cnc(N)nc2)cc1)c1c[nH]c2c(N3CC(O)C3)cccc12. The number of aliphatic hydroxyl groups is 1. The lowest BCUT2D eigenvalue weighted by molar-refractivity contribution is 0.142. The van der Waals surface area contributed by atoms with Crippen LogP contribution in [0, 0.1) is 5.92 Å². The first kappa shape index (κ1) is 20.5. The van der Waals surface area contributed by atoms with Gasteiger partial charge in [-0.15, -0.1) is 0 Å². The van der Waals surface area contributed by atoms with Gasteiger partial charge in [-0.05, 0) is 28.7 Å². The Morgan fingerprint density at radius 2 is 1.75 bits per heavy atom. The van der Waals surface area contributed by atoms with E-state index in [1.54, 1.807) is 12.4 Å². The van der Waals surface area contributed by atoms with Gasteiger partial charge in [0.1, 0.15) is 0 Å². The van der Waals surface area contributed by atoms with E-state index in [1.165, 1.54) is 16.5 Å². The number of hydrogen-bond acceptors (Lipinski definition) is 5. The van der Waals surface area contributed by atoms with E-state index in [-0.39, 0.29) is 17.5 Å². The summed E-state index contributed by atoms with van der Waals surface area (Å²) < 4.78 is 0. The highest BCUT2D eigenvalue weighted by Gasteiger charge is 2.35. The van der Waals surface area contributed by atoms with Gasteiger partial charge in [-0.25, -0.2) is 9.97 Å². The minimum Gasteiger partial charge on any atom is -0.389 e. The molecule has 0 amide bonds. The zero-order chi connectivity index (χ0) is 22.5. The molecule has 1 aliphatic heterocycles. The molecule has 6 nitrogen and oxygen atoms in total. The zero-order valence-corrected chi connectivity index (χ0v) is 18.7. The van der Waals surface area contributed by atoms with Crippen molar-refractivity contribution in [1.29, 1.82) is 0 Å². The summed E-state index contributed by atoms with van der Waals surface area (Å²) in [6, 6.07) is 15.1. The van der Waals surface area contributed by atoms with Gasteiger partial charge in [-0.1, -0.05) is 57.2 Å². The number of fused-ring (bicyclic) bond motifs is 1. The number of nitrogens with zero attached hydrogens (tertiary/aromatic N) is 3. The van der Waals surface area contributed by atoms with Crippen LogP contribution in [-0.2, 0) is 5.41 Å². The summed E-state index contributed by atoms with van der Waals surface area (Å²) in [4.78, 5) is 14.0. The highest BCUT2D eigenvalue weighted by Crippen LogP contribution is 2.44. The minimum absolute atomic E-state index is 0.179. The average Bonchev–Trinajstić information content (AvgIpc) is 3.22. The Kier molecular flexibility index (Phi) is 4.90. The van der Waals surface area contributed by atoms with Crippen LogP contribution in [-0.4, -0.2) is 39.3 Å². The van der Waals surface area contributed by atoms with Crippen LogP contribution in [0.5, 0.6) is 0 Å². The van der Waals surface area contributed by atoms with Crippen molar-refractivity contribution < 1.29 is 5.11 Å². The van der Waals surface area contributed by atoms with Crippen molar-refractivity contribution in [2.24, 2.45) is 5.92 Å². The van der Waals surface area contributed by atoms with Crippen LogP contribution in [0.2, 0.25) is 0 Å². The first-order chi connectivity index (χ1) is 15.4. The van der Waals surface area contributed by atoms with E-state index in [0.29, 0.717) is 19.0 Å². The van der Waals surface area contributed by atoms with Gasteiger partial charge in [-0.3, -0.25) is 0 Å². The van der Waals surface area contributed by atoms with Crippen molar-refractivity contribution in [2.45, 2.75) is 32.3 Å². The van der Waals surface area contributed by atoms with E-state index < -0.39 is 0 Å². The Morgan fingerprint density at radius 3 is 2.38 bits per heavy atom. The summed E-state index contributed by atoms with van der Waals surface area (Å²) in [7, 11) is 0. The summed E-state index contributed by atoms with van der Waals surface area (Å²) in [6.07, 6.45) is 5.44. The Hall–Kier alpha value is -3.38. The van der Waals surface area contributed by atoms with Crippen molar-refractivity contribution in [2.75, 3.05) is 23.7 Å². The van der Waals surface area contributed by atoms with E-state index in [1.807, 2.05) is 0 Å². The Morgan fingerprint density at radius 1 is 1.06 bits per heavy atom. The summed E-state index contributed by atoms with van der Waals surface area (Å²) in [6.45, 7) is 8.24. The quantitative estimate of drug-likeness (QED) is 0.440. The highest BCUT2D eigenvalue weighted by molar-refractivity contribution is 5.95. The fraction of sp³-hybridized carbons (Fsp3) is 0.308. The van der Waals surface area contributed by atoms with E-state index in [2.05, 4.69) is 89.3 Å². The predicted octanol–water partition coefficient (Wildman–Crippen LogP) is 4.35. The van der Waals surface area contributed by atoms with Crippen LogP contribution in [0.4, 0.5) is 11.6 Å². The third kappa shape index (κ3) is 3.22. The number of nitrogens with two attached hydrogens (primary N) is 1. The molecule has 3 heterocycles. The summed E-state index contributed by atoms with van der Waals surface area (Å²) in [5, 5.41) is 11.0. The Labute approximate surface area is 188 Å². The maximum absolute atomic E-state index is 9.76. The van der Waals surface area contributed by atoms with Gasteiger partial charge in [-0.2, -0.15) is 0 Å². The average molecular weight is 428 g/mol. The molecule has 2 aromatic carbocycles. The van der Waals surface area contributed by atoms with Crippen molar-refractivity contribution >= 4 is 22.5 Å². The number of β-amino-alcohol motifs (C(OH)–C–C–N with tert-alkyl or cyclic N) is 1. The normalized spacial score (nSPS) is 16.3. The lowest BCUT2D eigenvalue weighted by Gasteiger charge is -2.38. The number of anilines is 2. The van der Waals surface area contributed by atoms with Gasteiger partial charge in [0, 0.05) is 48.0 Å². The highest BCUT2D eigenvalue weighted by atomic mass is 16.3. The van der Waals surface area contributed by atoms with Crippen molar-refractivity contribution in [3.05, 3.63) is 72.2 Å². The fourth-order valence-electron chi connectivity index (χ4n) is 4.78. The molecule has 4 aromatic rings. The monoisotopic (exact) mass is 427 g/mol. The standard InChI is InChI=1S/C26H29N5O/c1-16(2)26(3,19-9-7-17(8-10-19)18-11-29-25(27)30-12-18)22-13-28-24-21(22)5-4-6-23(24)31-14-20(32)15-31/h4-13,16,20,28,32H,14-15H2,1-3H3,(H2,27,29,30). The van der Waals surface area contributed by atoms with Gasteiger partial charge in [0.05, 0.1) is 17.3 Å². The molecule has 0 aliphatic carbocycles. The molecule has 1 aliphatic rings. The van der Waals surface area contributed by atoms with Crippen LogP contribution in [0.3, 0.4) is 0 Å². The van der Waals surface area contributed by atoms with Crippen LogP contribution < -0.4 is 10.6 Å². The van der Waals surface area contributed by atoms with Gasteiger partial charge >= 0.3 is 0 Å². The second-order valence-electron chi connectivity index (χ2n) is 9.23. The molecule has 1 atom stereocenters. The third-order valence-electron chi connectivity index (χ3n) is 7.10. The number of para-hydroxylation sites is 1. The number of aromatic amines is 1. The van der Waals surface area contributed by atoms with Gasteiger partial charge in [0.15, 0.2) is 0 Å². The largest absolute Gasteiger partial charge is 0.389 e. The van der Waals surface area contributed by atoms with E-state index >= 15 is 0 Å². The molecular weight excluding hydrogens is 398 g/mol. The molecule has 4 N–H and O–H groups in total. The first-order valence-corrected chi connectivity index (χ1v) is 11.1. The van der Waals surface area contributed by atoms with Crippen LogP contribution in [0.15, 0.2) is 61.1 Å². The molecule has 0 spiro atoms. The number of aliphatic hydroxyl groups excluding tert-OH is 1. The van der Waals surface area contributed by atoms with Crippen LogP contribution >= 0.6 is 0 Å².